The zero-order chi connectivity index (χ0) is 16.2. The Balaban J connectivity index is 1.79. The average Bonchev–Trinajstić information content (AvgIpc) is 2.59. The molecule has 0 saturated carbocycles. The molecule has 5 nitrogen and oxygen atoms in total. The summed E-state index contributed by atoms with van der Waals surface area (Å²) in [5, 5.41) is 3.29. The Kier molecular flexibility index (Phi) is 4.55. The molecule has 3 rings (SSSR count). The Hall–Kier alpha value is -2.43. The summed E-state index contributed by atoms with van der Waals surface area (Å²) in [4.78, 5) is 22.8. The molecule has 1 aliphatic heterocycles. The molecule has 1 aliphatic rings. The third-order valence-corrected chi connectivity index (χ3v) is 4.40. The summed E-state index contributed by atoms with van der Waals surface area (Å²) >= 11 is 0. The third kappa shape index (κ3) is 3.50. The van der Waals surface area contributed by atoms with E-state index in [2.05, 4.69) is 35.2 Å². The minimum atomic E-state index is -0.00360. The smallest absolute Gasteiger partial charge is 0.272 e. The highest BCUT2D eigenvalue weighted by Gasteiger charge is 2.19. The van der Waals surface area contributed by atoms with Crippen LogP contribution < -0.4 is 5.32 Å². The number of carbonyl (C=O) groups is 1. The van der Waals surface area contributed by atoms with Gasteiger partial charge >= 0.3 is 0 Å². The van der Waals surface area contributed by atoms with Gasteiger partial charge in [0.15, 0.2) is 0 Å². The van der Waals surface area contributed by atoms with E-state index in [0.29, 0.717) is 11.5 Å². The predicted molar refractivity (Wildman–Crippen MR) is 91.0 cm³/mol. The van der Waals surface area contributed by atoms with Gasteiger partial charge in [0.2, 0.25) is 0 Å². The molecule has 1 N–H and O–H groups in total. The van der Waals surface area contributed by atoms with E-state index in [4.69, 9.17) is 0 Å². The van der Waals surface area contributed by atoms with Crippen LogP contribution in [0.25, 0.3) is 0 Å². The highest BCUT2D eigenvalue weighted by Crippen LogP contribution is 2.22. The molecule has 2 heterocycles. The van der Waals surface area contributed by atoms with Crippen LogP contribution in [0, 0.1) is 13.8 Å². The Morgan fingerprint density at radius 1 is 1.13 bits per heavy atom. The van der Waals surface area contributed by atoms with Crippen molar-refractivity contribution in [3.05, 3.63) is 47.4 Å². The van der Waals surface area contributed by atoms with Crippen LogP contribution in [0.4, 0.5) is 11.5 Å². The van der Waals surface area contributed by atoms with Gasteiger partial charge < -0.3 is 10.2 Å². The number of nitrogens with one attached hydrogen (secondary N) is 1. The van der Waals surface area contributed by atoms with Gasteiger partial charge in [0.05, 0.1) is 0 Å². The molecule has 1 saturated heterocycles. The molecule has 0 radical (unpaired) electrons. The van der Waals surface area contributed by atoms with Gasteiger partial charge in [-0.15, -0.1) is 0 Å². The number of amides is 1. The van der Waals surface area contributed by atoms with E-state index < -0.39 is 0 Å². The average molecular weight is 310 g/mol. The topological polar surface area (TPSA) is 58.1 Å². The molecule has 0 unspecified atom stereocenters. The number of carbonyl (C=O) groups excluding carboxylic acids is 1. The van der Waals surface area contributed by atoms with Crippen LogP contribution in [-0.2, 0) is 0 Å². The summed E-state index contributed by atoms with van der Waals surface area (Å²) in [5.74, 6) is 0.644. The number of piperidine rings is 1. The molecule has 0 bridgehead atoms. The summed E-state index contributed by atoms with van der Waals surface area (Å²) in [6.45, 7) is 5.79. The second kappa shape index (κ2) is 6.77. The minimum Gasteiger partial charge on any atom is -0.340 e. The minimum absolute atomic E-state index is 0.00360. The lowest BCUT2D eigenvalue weighted by Gasteiger charge is -2.26. The van der Waals surface area contributed by atoms with Crippen molar-refractivity contribution >= 4 is 17.4 Å². The molecule has 1 aromatic heterocycles. The lowest BCUT2D eigenvalue weighted by atomic mass is 10.1. The van der Waals surface area contributed by atoms with Crippen LogP contribution in [0.15, 0.2) is 30.6 Å². The Morgan fingerprint density at radius 2 is 1.91 bits per heavy atom. The maximum Gasteiger partial charge on any atom is 0.272 e. The van der Waals surface area contributed by atoms with Crippen molar-refractivity contribution in [2.45, 2.75) is 33.1 Å². The van der Waals surface area contributed by atoms with Crippen molar-refractivity contribution in [3.8, 4) is 0 Å². The Labute approximate surface area is 136 Å². The first-order valence-corrected chi connectivity index (χ1v) is 8.10. The van der Waals surface area contributed by atoms with Gasteiger partial charge in [-0.2, -0.15) is 0 Å². The van der Waals surface area contributed by atoms with Crippen LogP contribution in [0.2, 0.25) is 0 Å². The quantitative estimate of drug-likeness (QED) is 0.943. The van der Waals surface area contributed by atoms with E-state index in [1.54, 1.807) is 6.07 Å². The summed E-state index contributed by atoms with van der Waals surface area (Å²) in [5.41, 5.74) is 3.85. The highest BCUT2D eigenvalue weighted by molar-refractivity contribution is 5.93. The standard InChI is InChI=1S/C18H22N4O/c1-13-7-6-8-15(14(13)2)21-17-11-16(19-12-20-17)18(23)22-9-4-3-5-10-22/h6-8,11-12H,3-5,9-10H2,1-2H3,(H,19,20,21). The Bertz CT molecular complexity index is 708. The van der Waals surface area contributed by atoms with Crippen molar-refractivity contribution < 1.29 is 4.79 Å². The van der Waals surface area contributed by atoms with E-state index in [1.807, 2.05) is 17.0 Å². The molecule has 23 heavy (non-hydrogen) atoms. The fraction of sp³-hybridized carbons (Fsp3) is 0.389. The van der Waals surface area contributed by atoms with E-state index in [0.717, 1.165) is 31.6 Å². The van der Waals surface area contributed by atoms with Crippen LogP contribution >= 0.6 is 0 Å². The van der Waals surface area contributed by atoms with Crippen LogP contribution in [-0.4, -0.2) is 33.9 Å². The van der Waals surface area contributed by atoms with Crippen molar-refractivity contribution in [2.24, 2.45) is 0 Å². The number of hydrogen-bond donors (Lipinski definition) is 1. The number of aromatic nitrogens is 2. The number of nitrogens with zero attached hydrogens (tertiary/aromatic N) is 3. The van der Waals surface area contributed by atoms with Crippen LogP contribution in [0.5, 0.6) is 0 Å². The molecular formula is C18H22N4O. The van der Waals surface area contributed by atoms with Gasteiger partial charge in [0, 0.05) is 24.8 Å². The molecule has 0 spiro atoms. The van der Waals surface area contributed by atoms with Crippen molar-refractivity contribution in [1.82, 2.24) is 14.9 Å². The molecule has 0 atom stereocenters. The first kappa shape index (κ1) is 15.5. The van der Waals surface area contributed by atoms with Crippen molar-refractivity contribution in [3.63, 3.8) is 0 Å². The third-order valence-electron chi connectivity index (χ3n) is 4.40. The SMILES string of the molecule is Cc1cccc(Nc2cc(C(=O)N3CCCCC3)ncn2)c1C. The molecule has 120 valence electrons. The van der Waals surface area contributed by atoms with Gasteiger partial charge in [0.1, 0.15) is 17.8 Å². The molecule has 5 heteroatoms. The number of rotatable bonds is 3. The van der Waals surface area contributed by atoms with Crippen molar-refractivity contribution in [2.75, 3.05) is 18.4 Å². The lowest BCUT2D eigenvalue weighted by molar-refractivity contribution is 0.0718. The zero-order valence-corrected chi connectivity index (χ0v) is 13.7. The zero-order valence-electron chi connectivity index (χ0n) is 13.7. The van der Waals surface area contributed by atoms with Crippen molar-refractivity contribution in [1.29, 1.82) is 0 Å². The Morgan fingerprint density at radius 3 is 2.70 bits per heavy atom. The van der Waals surface area contributed by atoms with Crippen LogP contribution in [0.3, 0.4) is 0 Å². The molecule has 1 aromatic carbocycles. The molecule has 0 aliphatic carbocycles. The summed E-state index contributed by atoms with van der Waals surface area (Å²) in [7, 11) is 0. The maximum atomic E-state index is 12.5. The highest BCUT2D eigenvalue weighted by atomic mass is 16.2. The predicted octanol–water partition coefficient (Wildman–Crippen LogP) is 3.46. The summed E-state index contributed by atoms with van der Waals surface area (Å²) < 4.78 is 0. The number of benzene rings is 1. The van der Waals surface area contributed by atoms with Crippen LogP contribution in [0.1, 0.15) is 40.9 Å². The second-order valence-electron chi connectivity index (χ2n) is 6.01. The van der Waals surface area contributed by atoms with E-state index in [-0.39, 0.29) is 5.91 Å². The maximum absolute atomic E-state index is 12.5. The number of anilines is 2. The fourth-order valence-electron chi connectivity index (χ4n) is 2.83. The van der Waals surface area contributed by atoms with Gasteiger partial charge in [-0.3, -0.25) is 4.79 Å². The molecular weight excluding hydrogens is 288 g/mol. The molecule has 1 amide bonds. The number of likely N-dealkylation sites (tertiary alicyclic amines) is 1. The van der Waals surface area contributed by atoms with Gasteiger partial charge in [0.25, 0.3) is 5.91 Å². The normalized spacial score (nSPS) is 14.6. The van der Waals surface area contributed by atoms with Gasteiger partial charge in [-0.1, -0.05) is 12.1 Å². The summed E-state index contributed by atoms with van der Waals surface area (Å²) in [6.07, 6.45) is 4.80. The molecule has 1 fully saturated rings. The largest absolute Gasteiger partial charge is 0.340 e. The second-order valence-corrected chi connectivity index (χ2v) is 6.01. The van der Waals surface area contributed by atoms with E-state index in [1.165, 1.54) is 23.9 Å². The van der Waals surface area contributed by atoms with Gasteiger partial charge in [-0.25, -0.2) is 9.97 Å². The van der Waals surface area contributed by atoms with Gasteiger partial charge in [-0.05, 0) is 50.3 Å². The first-order chi connectivity index (χ1) is 11.1. The van der Waals surface area contributed by atoms with E-state index in [9.17, 15) is 4.79 Å². The number of aryl methyl sites for hydroxylation is 1. The lowest BCUT2D eigenvalue weighted by Crippen LogP contribution is -2.36. The monoisotopic (exact) mass is 310 g/mol. The summed E-state index contributed by atoms with van der Waals surface area (Å²) in [6, 6.07) is 7.83. The number of hydrogen-bond acceptors (Lipinski definition) is 4. The molecule has 2 aromatic rings. The first-order valence-electron chi connectivity index (χ1n) is 8.10. The van der Waals surface area contributed by atoms with E-state index >= 15 is 0 Å². The fourth-order valence-corrected chi connectivity index (χ4v) is 2.83.